The third-order valence-corrected chi connectivity index (χ3v) is 4.33. The molecule has 140 valence electrons. The van der Waals surface area contributed by atoms with Gasteiger partial charge in [0, 0.05) is 22.3 Å². The van der Waals surface area contributed by atoms with Crippen LogP contribution in [0.3, 0.4) is 0 Å². The van der Waals surface area contributed by atoms with Crippen LogP contribution in [0.15, 0.2) is 42.6 Å². The van der Waals surface area contributed by atoms with Gasteiger partial charge in [0.05, 0.1) is 29.4 Å². The van der Waals surface area contributed by atoms with Crippen molar-refractivity contribution in [3.63, 3.8) is 0 Å². The van der Waals surface area contributed by atoms with Crippen LogP contribution in [0.4, 0.5) is 11.4 Å². The van der Waals surface area contributed by atoms with Gasteiger partial charge in [-0.2, -0.15) is 0 Å². The number of hydrogen-bond acceptors (Lipinski definition) is 5. The van der Waals surface area contributed by atoms with E-state index in [9.17, 15) is 4.79 Å². The third kappa shape index (κ3) is 4.26. The largest absolute Gasteiger partial charge is 0.494 e. The van der Waals surface area contributed by atoms with Crippen molar-refractivity contribution in [1.82, 2.24) is 4.98 Å². The van der Waals surface area contributed by atoms with Crippen molar-refractivity contribution in [1.29, 1.82) is 0 Å². The first-order valence-electron chi connectivity index (χ1n) is 8.48. The number of aromatic nitrogens is 1. The molecule has 0 aliphatic rings. The molecule has 3 rings (SSSR count). The van der Waals surface area contributed by atoms with E-state index < -0.39 is 5.97 Å². The summed E-state index contributed by atoms with van der Waals surface area (Å²) in [7, 11) is 0. The number of fused-ring (bicyclic) bond motifs is 1. The number of anilines is 2. The monoisotopic (exact) mass is 404 g/mol. The highest BCUT2D eigenvalue weighted by Gasteiger charge is 2.18. The number of nitrogens with zero attached hydrogens (tertiary/aromatic N) is 1. The molecule has 3 aromatic rings. The highest BCUT2D eigenvalue weighted by atomic mass is 35.5. The second kappa shape index (κ2) is 8.46. The van der Waals surface area contributed by atoms with E-state index >= 15 is 0 Å². The lowest BCUT2D eigenvalue weighted by molar-refractivity contribution is 0.0527. The molecular weight excluding hydrogens is 387 g/mol. The van der Waals surface area contributed by atoms with Crippen molar-refractivity contribution in [2.45, 2.75) is 13.8 Å². The molecule has 2 aromatic carbocycles. The molecule has 1 N–H and O–H groups in total. The summed E-state index contributed by atoms with van der Waals surface area (Å²) in [6.07, 6.45) is 1.46. The highest BCUT2D eigenvalue weighted by Crippen LogP contribution is 2.35. The molecule has 5 nitrogen and oxygen atoms in total. The number of carbonyl (C=O) groups excluding carboxylic acids is 1. The van der Waals surface area contributed by atoms with E-state index in [1.165, 1.54) is 6.20 Å². The predicted molar refractivity (Wildman–Crippen MR) is 109 cm³/mol. The SMILES string of the molecule is CCOC(=O)c1cnc2c(Cl)cc(Cl)cc2c1Nc1ccc(OCC)cc1. The molecule has 0 fully saturated rings. The maximum Gasteiger partial charge on any atom is 0.341 e. The zero-order valence-electron chi connectivity index (χ0n) is 14.9. The Labute approximate surface area is 167 Å². The van der Waals surface area contributed by atoms with Crippen LogP contribution in [0, 0.1) is 0 Å². The van der Waals surface area contributed by atoms with Crippen LogP contribution in [-0.2, 0) is 4.74 Å². The van der Waals surface area contributed by atoms with E-state index in [1.54, 1.807) is 19.1 Å². The molecule has 0 aliphatic heterocycles. The van der Waals surface area contributed by atoms with Crippen molar-refractivity contribution in [2.24, 2.45) is 0 Å². The van der Waals surface area contributed by atoms with Crippen molar-refractivity contribution < 1.29 is 14.3 Å². The van der Waals surface area contributed by atoms with Crippen LogP contribution in [-0.4, -0.2) is 24.2 Å². The summed E-state index contributed by atoms with van der Waals surface area (Å²) in [6, 6.07) is 10.7. The van der Waals surface area contributed by atoms with E-state index in [4.69, 9.17) is 32.7 Å². The Morgan fingerprint density at radius 3 is 2.52 bits per heavy atom. The first-order chi connectivity index (χ1) is 13.0. The van der Waals surface area contributed by atoms with E-state index in [1.807, 2.05) is 31.2 Å². The number of esters is 1. The number of ether oxygens (including phenoxy) is 2. The van der Waals surface area contributed by atoms with Crippen molar-refractivity contribution in [3.8, 4) is 5.75 Å². The lowest BCUT2D eigenvalue weighted by Gasteiger charge is -2.15. The molecule has 0 amide bonds. The average molecular weight is 405 g/mol. The number of hydrogen-bond donors (Lipinski definition) is 1. The Kier molecular flexibility index (Phi) is 6.04. The van der Waals surface area contributed by atoms with Gasteiger partial charge in [-0.05, 0) is 50.2 Å². The molecule has 27 heavy (non-hydrogen) atoms. The van der Waals surface area contributed by atoms with E-state index in [-0.39, 0.29) is 6.61 Å². The van der Waals surface area contributed by atoms with Crippen LogP contribution < -0.4 is 10.1 Å². The fourth-order valence-electron chi connectivity index (χ4n) is 2.67. The van der Waals surface area contributed by atoms with Crippen LogP contribution in [0.25, 0.3) is 10.9 Å². The zero-order valence-corrected chi connectivity index (χ0v) is 16.4. The molecule has 0 saturated heterocycles. The van der Waals surface area contributed by atoms with Crippen LogP contribution in [0.1, 0.15) is 24.2 Å². The first-order valence-corrected chi connectivity index (χ1v) is 9.23. The summed E-state index contributed by atoms with van der Waals surface area (Å²) >= 11 is 12.5. The third-order valence-electron chi connectivity index (χ3n) is 3.82. The Morgan fingerprint density at radius 2 is 1.85 bits per heavy atom. The minimum Gasteiger partial charge on any atom is -0.494 e. The molecular formula is C20H18Cl2N2O3. The fraction of sp³-hybridized carbons (Fsp3) is 0.200. The van der Waals surface area contributed by atoms with Gasteiger partial charge in [0.2, 0.25) is 0 Å². The van der Waals surface area contributed by atoms with Crippen LogP contribution in [0.2, 0.25) is 10.0 Å². The summed E-state index contributed by atoms with van der Waals surface area (Å²) in [5.74, 6) is 0.288. The zero-order chi connectivity index (χ0) is 19.4. The van der Waals surface area contributed by atoms with E-state index in [2.05, 4.69) is 10.3 Å². The topological polar surface area (TPSA) is 60.5 Å². The van der Waals surface area contributed by atoms with Gasteiger partial charge in [-0.25, -0.2) is 4.79 Å². The van der Waals surface area contributed by atoms with Crippen molar-refractivity contribution in [3.05, 3.63) is 58.2 Å². The number of nitrogens with one attached hydrogen (secondary N) is 1. The quantitative estimate of drug-likeness (QED) is 0.521. The Bertz CT molecular complexity index is 975. The van der Waals surface area contributed by atoms with Gasteiger partial charge in [0.1, 0.15) is 11.3 Å². The second-order valence-electron chi connectivity index (χ2n) is 5.63. The summed E-state index contributed by atoms with van der Waals surface area (Å²) in [5.41, 5.74) is 2.15. The standard InChI is InChI=1S/C20H18Cl2N2O3/c1-3-26-14-7-5-13(6-8-14)24-18-15-9-12(21)10-17(22)19(15)23-11-16(18)20(25)27-4-2/h5-11H,3-4H2,1-2H3,(H,23,24). The minimum absolute atomic E-state index is 0.260. The average Bonchev–Trinajstić information content (AvgIpc) is 2.64. The van der Waals surface area contributed by atoms with E-state index in [0.717, 1.165) is 11.4 Å². The lowest BCUT2D eigenvalue weighted by Crippen LogP contribution is -2.09. The smallest absolute Gasteiger partial charge is 0.341 e. The maximum atomic E-state index is 12.4. The van der Waals surface area contributed by atoms with Crippen molar-refractivity contribution in [2.75, 3.05) is 18.5 Å². The van der Waals surface area contributed by atoms with Crippen LogP contribution >= 0.6 is 23.2 Å². The Hall–Kier alpha value is -2.50. The Morgan fingerprint density at radius 1 is 1.11 bits per heavy atom. The predicted octanol–water partition coefficient (Wildman–Crippen LogP) is 5.86. The summed E-state index contributed by atoms with van der Waals surface area (Å²) in [5, 5.41) is 4.75. The molecule has 0 aliphatic carbocycles. The Balaban J connectivity index is 2.11. The number of halogens is 2. The molecule has 0 atom stereocenters. The number of rotatable bonds is 6. The van der Waals surface area contributed by atoms with E-state index in [0.29, 0.717) is 38.8 Å². The van der Waals surface area contributed by atoms with Gasteiger partial charge >= 0.3 is 5.97 Å². The lowest BCUT2D eigenvalue weighted by atomic mass is 10.1. The van der Waals surface area contributed by atoms with Gasteiger partial charge in [-0.3, -0.25) is 4.98 Å². The molecule has 7 heteroatoms. The van der Waals surface area contributed by atoms with Crippen molar-refractivity contribution >= 4 is 51.4 Å². The second-order valence-corrected chi connectivity index (χ2v) is 6.48. The molecule has 0 bridgehead atoms. The van der Waals surface area contributed by atoms with Gasteiger partial charge in [0.25, 0.3) is 0 Å². The summed E-state index contributed by atoms with van der Waals surface area (Å²) in [6.45, 7) is 4.52. The molecule has 0 spiro atoms. The maximum absolute atomic E-state index is 12.4. The molecule has 0 unspecified atom stereocenters. The number of benzene rings is 2. The molecule has 1 heterocycles. The highest BCUT2D eigenvalue weighted by molar-refractivity contribution is 6.38. The first kappa shape index (κ1) is 19.3. The number of pyridine rings is 1. The molecule has 0 radical (unpaired) electrons. The van der Waals surface area contributed by atoms with Gasteiger partial charge in [0.15, 0.2) is 0 Å². The van der Waals surface area contributed by atoms with Gasteiger partial charge < -0.3 is 14.8 Å². The molecule has 1 aromatic heterocycles. The fourth-order valence-corrected chi connectivity index (χ4v) is 3.21. The van der Waals surface area contributed by atoms with Gasteiger partial charge in [-0.1, -0.05) is 23.2 Å². The van der Waals surface area contributed by atoms with Crippen LogP contribution in [0.5, 0.6) is 5.75 Å². The summed E-state index contributed by atoms with van der Waals surface area (Å²) < 4.78 is 10.6. The van der Waals surface area contributed by atoms with Gasteiger partial charge in [-0.15, -0.1) is 0 Å². The normalized spacial score (nSPS) is 10.7. The minimum atomic E-state index is -0.476. The molecule has 0 saturated carbocycles. The summed E-state index contributed by atoms with van der Waals surface area (Å²) in [4.78, 5) is 16.7. The number of carbonyl (C=O) groups is 1.